The first-order valence-electron chi connectivity index (χ1n) is 3.97. The summed E-state index contributed by atoms with van der Waals surface area (Å²) in [6, 6.07) is 1.68. The zero-order valence-corrected chi connectivity index (χ0v) is 7.04. The highest BCUT2D eigenvalue weighted by molar-refractivity contribution is 5.12. The fourth-order valence-electron chi connectivity index (χ4n) is 1.00. The van der Waals surface area contributed by atoms with Crippen molar-refractivity contribution in [1.82, 2.24) is 9.78 Å². The Bertz CT molecular complexity index is 230. The third-order valence-electron chi connectivity index (χ3n) is 1.60. The molecule has 62 valence electrons. The van der Waals surface area contributed by atoms with Crippen molar-refractivity contribution >= 4 is 0 Å². The van der Waals surface area contributed by atoms with Crippen molar-refractivity contribution in [2.24, 2.45) is 0 Å². The predicted octanol–water partition coefficient (Wildman–Crippen LogP) is 1.70. The summed E-state index contributed by atoms with van der Waals surface area (Å²) in [4.78, 5) is 0. The van der Waals surface area contributed by atoms with Gasteiger partial charge in [-0.15, -0.1) is 0 Å². The second-order valence-electron chi connectivity index (χ2n) is 2.72. The molecule has 0 saturated heterocycles. The summed E-state index contributed by atoms with van der Waals surface area (Å²) in [6.45, 7) is 4.81. The number of hydrogen-bond donors (Lipinski definition) is 1. The molecule has 0 amide bonds. The van der Waals surface area contributed by atoms with Crippen molar-refractivity contribution < 1.29 is 5.11 Å². The first-order chi connectivity index (χ1) is 5.24. The molecule has 1 heterocycles. The molecule has 0 saturated carbocycles. The van der Waals surface area contributed by atoms with Crippen LogP contribution >= 0.6 is 0 Å². The Balaban J connectivity index is 2.62. The molecule has 0 atom stereocenters. The van der Waals surface area contributed by atoms with Crippen molar-refractivity contribution in [2.75, 3.05) is 0 Å². The molecule has 0 aliphatic rings. The van der Waals surface area contributed by atoms with E-state index in [0.717, 1.165) is 25.1 Å². The largest absolute Gasteiger partial charge is 0.493 e. The summed E-state index contributed by atoms with van der Waals surface area (Å²) < 4.78 is 1.64. The normalized spacial score (nSPS) is 10.4. The molecule has 1 aromatic heterocycles. The average molecular weight is 154 g/mol. The van der Waals surface area contributed by atoms with Gasteiger partial charge in [0.2, 0.25) is 5.88 Å². The summed E-state index contributed by atoms with van der Waals surface area (Å²) in [5.41, 5.74) is 0.874. The van der Waals surface area contributed by atoms with E-state index in [-0.39, 0.29) is 5.88 Å². The zero-order chi connectivity index (χ0) is 8.27. The van der Waals surface area contributed by atoms with Crippen LogP contribution in [0.5, 0.6) is 5.88 Å². The molecule has 1 rings (SSSR count). The third-order valence-corrected chi connectivity index (χ3v) is 1.60. The monoisotopic (exact) mass is 154 g/mol. The molecule has 1 N–H and O–H groups in total. The molecule has 3 heteroatoms. The molecule has 0 aromatic carbocycles. The Kier molecular flexibility index (Phi) is 2.52. The van der Waals surface area contributed by atoms with Crippen LogP contribution < -0.4 is 0 Å². The Labute approximate surface area is 66.7 Å². The van der Waals surface area contributed by atoms with E-state index in [9.17, 15) is 5.11 Å². The zero-order valence-electron chi connectivity index (χ0n) is 7.04. The van der Waals surface area contributed by atoms with Crippen molar-refractivity contribution in [3.8, 4) is 5.88 Å². The van der Waals surface area contributed by atoms with E-state index in [4.69, 9.17) is 0 Å². The smallest absolute Gasteiger partial charge is 0.209 e. The molecule has 0 unspecified atom stereocenters. The number of nitrogens with zero attached hydrogens (tertiary/aromatic N) is 2. The number of aromatic hydroxyl groups is 1. The maximum Gasteiger partial charge on any atom is 0.209 e. The molecular formula is C8H14N2O. The van der Waals surface area contributed by atoms with Crippen molar-refractivity contribution in [3.05, 3.63) is 11.8 Å². The Morgan fingerprint density at radius 3 is 2.82 bits per heavy atom. The van der Waals surface area contributed by atoms with Gasteiger partial charge in [-0.2, -0.15) is 5.10 Å². The van der Waals surface area contributed by atoms with Crippen LogP contribution in [0.25, 0.3) is 0 Å². The first-order valence-corrected chi connectivity index (χ1v) is 3.97. The van der Waals surface area contributed by atoms with Gasteiger partial charge in [0.15, 0.2) is 0 Å². The lowest BCUT2D eigenvalue weighted by Gasteiger charge is -1.99. The van der Waals surface area contributed by atoms with Gasteiger partial charge >= 0.3 is 0 Å². The van der Waals surface area contributed by atoms with Gasteiger partial charge in [0.25, 0.3) is 0 Å². The van der Waals surface area contributed by atoms with Gasteiger partial charge < -0.3 is 5.11 Å². The van der Waals surface area contributed by atoms with Crippen LogP contribution in [0.2, 0.25) is 0 Å². The highest BCUT2D eigenvalue weighted by Crippen LogP contribution is 2.10. The summed E-state index contributed by atoms with van der Waals surface area (Å²) in [6.07, 6.45) is 2.19. The van der Waals surface area contributed by atoms with Gasteiger partial charge in [-0.1, -0.05) is 13.3 Å². The minimum absolute atomic E-state index is 0.274. The molecule has 0 aliphatic carbocycles. The summed E-state index contributed by atoms with van der Waals surface area (Å²) >= 11 is 0. The van der Waals surface area contributed by atoms with E-state index in [1.807, 2.05) is 6.92 Å². The Morgan fingerprint density at radius 2 is 2.36 bits per heavy atom. The number of unbranched alkanes of at least 4 members (excludes halogenated alkanes) is 1. The van der Waals surface area contributed by atoms with Crippen LogP contribution in [-0.2, 0) is 6.54 Å². The van der Waals surface area contributed by atoms with E-state index in [1.54, 1.807) is 10.7 Å². The molecule has 0 fully saturated rings. The second kappa shape index (κ2) is 3.42. The predicted molar refractivity (Wildman–Crippen MR) is 43.5 cm³/mol. The average Bonchev–Trinajstić information content (AvgIpc) is 2.26. The molecule has 0 aliphatic heterocycles. The fourth-order valence-corrected chi connectivity index (χ4v) is 1.00. The third kappa shape index (κ3) is 1.97. The van der Waals surface area contributed by atoms with Crippen molar-refractivity contribution in [2.45, 2.75) is 33.2 Å². The summed E-state index contributed by atoms with van der Waals surface area (Å²) in [5.74, 6) is 0.274. The molecule has 11 heavy (non-hydrogen) atoms. The topological polar surface area (TPSA) is 38.0 Å². The van der Waals surface area contributed by atoms with Crippen LogP contribution in [0.3, 0.4) is 0 Å². The van der Waals surface area contributed by atoms with Crippen LogP contribution in [0, 0.1) is 6.92 Å². The fraction of sp³-hybridized carbons (Fsp3) is 0.625. The van der Waals surface area contributed by atoms with E-state index in [0.29, 0.717) is 0 Å². The Morgan fingerprint density at radius 1 is 1.64 bits per heavy atom. The van der Waals surface area contributed by atoms with Crippen LogP contribution in [0.4, 0.5) is 0 Å². The van der Waals surface area contributed by atoms with Crippen LogP contribution in [0.15, 0.2) is 6.07 Å². The summed E-state index contributed by atoms with van der Waals surface area (Å²) in [7, 11) is 0. The quantitative estimate of drug-likeness (QED) is 0.719. The number of aromatic nitrogens is 2. The van der Waals surface area contributed by atoms with Gasteiger partial charge in [-0.25, -0.2) is 4.68 Å². The second-order valence-corrected chi connectivity index (χ2v) is 2.72. The first kappa shape index (κ1) is 8.11. The Hall–Kier alpha value is -0.990. The number of rotatable bonds is 3. The van der Waals surface area contributed by atoms with E-state index >= 15 is 0 Å². The van der Waals surface area contributed by atoms with Gasteiger partial charge in [0.1, 0.15) is 0 Å². The SMILES string of the molecule is CCCCn1nc(C)cc1O. The molecule has 0 spiro atoms. The van der Waals surface area contributed by atoms with E-state index in [1.165, 1.54) is 0 Å². The number of aryl methyl sites for hydroxylation is 2. The van der Waals surface area contributed by atoms with Crippen LogP contribution in [0.1, 0.15) is 25.5 Å². The molecular weight excluding hydrogens is 140 g/mol. The number of hydrogen-bond acceptors (Lipinski definition) is 2. The maximum absolute atomic E-state index is 9.26. The van der Waals surface area contributed by atoms with E-state index in [2.05, 4.69) is 12.0 Å². The lowest BCUT2D eigenvalue weighted by molar-refractivity contribution is 0.393. The van der Waals surface area contributed by atoms with Gasteiger partial charge in [-0.05, 0) is 13.3 Å². The lowest BCUT2D eigenvalue weighted by Crippen LogP contribution is -1.98. The molecule has 1 aromatic rings. The highest BCUT2D eigenvalue weighted by atomic mass is 16.3. The minimum Gasteiger partial charge on any atom is -0.493 e. The molecule has 0 radical (unpaired) electrons. The van der Waals surface area contributed by atoms with Crippen molar-refractivity contribution in [3.63, 3.8) is 0 Å². The summed E-state index contributed by atoms with van der Waals surface area (Å²) in [5, 5.41) is 13.4. The lowest BCUT2D eigenvalue weighted by atomic mass is 10.3. The van der Waals surface area contributed by atoms with Crippen molar-refractivity contribution in [1.29, 1.82) is 0 Å². The van der Waals surface area contributed by atoms with E-state index < -0.39 is 0 Å². The van der Waals surface area contributed by atoms with Gasteiger partial charge in [-0.3, -0.25) is 0 Å². The standard InChI is InChI=1S/C8H14N2O/c1-3-4-5-10-8(11)6-7(2)9-10/h6,11H,3-5H2,1-2H3. The maximum atomic E-state index is 9.26. The van der Waals surface area contributed by atoms with Crippen LogP contribution in [-0.4, -0.2) is 14.9 Å². The van der Waals surface area contributed by atoms with Gasteiger partial charge in [0.05, 0.1) is 5.69 Å². The molecule has 3 nitrogen and oxygen atoms in total. The molecule has 0 bridgehead atoms. The highest BCUT2D eigenvalue weighted by Gasteiger charge is 2.00. The minimum atomic E-state index is 0.274. The van der Waals surface area contributed by atoms with Gasteiger partial charge in [0, 0.05) is 12.6 Å².